The number of aromatic nitrogens is 1. The molecular weight excluding hydrogens is 436 g/mol. The number of hydrogen-bond donors (Lipinski definition) is 2. The number of halogens is 2. The second kappa shape index (κ2) is 7.81. The molecule has 10 heteroatoms. The van der Waals surface area contributed by atoms with Gasteiger partial charge in [0.15, 0.2) is 16.8 Å². The number of aliphatic imine (C=N–C) groups is 1. The molecule has 1 aromatic carbocycles. The first-order chi connectivity index (χ1) is 15.2. The summed E-state index contributed by atoms with van der Waals surface area (Å²) in [5, 5.41) is 12.2. The Morgan fingerprint density at radius 3 is 2.91 bits per heavy atom. The Labute approximate surface area is 187 Å². The van der Waals surface area contributed by atoms with E-state index in [1.165, 1.54) is 24.4 Å². The minimum absolute atomic E-state index is 0.0230. The Balaban J connectivity index is 1.62. The number of hydrogen-bond acceptors (Lipinski definition) is 7. The number of carbonyl (C=O) groups is 1. The maximum Gasteiger partial charge on any atom is 0.274 e. The standard InChI is InChI=1S/C22H17F2N5O2S/c1-3-6-31-13-4-5-16(27-10-13)19(30)28-12-7-14(18(24)15(23)8-12)21(2)17-9-22(17,11-25)32-20(26)29-21/h1,4-5,7-8,10,17H,6,9H2,2H3,(H2,26,29)(H,28,30)/t17?,21-,22-/m1/s1. The van der Waals surface area contributed by atoms with Crippen molar-refractivity contribution in [1.82, 2.24) is 4.98 Å². The summed E-state index contributed by atoms with van der Waals surface area (Å²) in [6.07, 6.45) is 6.90. The molecule has 1 aliphatic heterocycles. The highest BCUT2D eigenvalue weighted by molar-refractivity contribution is 8.15. The number of rotatable bonds is 5. The number of benzene rings is 1. The predicted molar refractivity (Wildman–Crippen MR) is 116 cm³/mol. The molecule has 1 fully saturated rings. The second-order valence-corrected chi connectivity index (χ2v) is 8.95. The van der Waals surface area contributed by atoms with Gasteiger partial charge in [-0.25, -0.2) is 13.8 Å². The number of nitrogens with two attached hydrogens (primary N) is 1. The van der Waals surface area contributed by atoms with Gasteiger partial charge in [0.25, 0.3) is 5.91 Å². The van der Waals surface area contributed by atoms with Gasteiger partial charge >= 0.3 is 0 Å². The minimum atomic E-state index is -1.25. The van der Waals surface area contributed by atoms with E-state index in [1.807, 2.05) is 0 Å². The Kier molecular flexibility index (Phi) is 5.27. The molecule has 2 aliphatic rings. The monoisotopic (exact) mass is 453 g/mol. The zero-order valence-corrected chi connectivity index (χ0v) is 17.7. The van der Waals surface area contributed by atoms with Gasteiger partial charge in [-0.1, -0.05) is 17.7 Å². The van der Waals surface area contributed by atoms with E-state index in [1.54, 1.807) is 6.92 Å². The molecule has 1 aromatic heterocycles. The topological polar surface area (TPSA) is 113 Å². The van der Waals surface area contributed by atoms with Gasteiger partial charge in [-0.15, -0.1) is 6.42 Å². The maximum absolute atomic E-state index is 14.8. The van der Waals surface area contributed by atoms with Crippen molar-refractivity contribution in [2.75, 3.05) is 11.9 Å². The molecule has 0 bridgehead atoms. The van der Waals surface area contributed by atoms with E-state index >= 15 is 0 Å². The third kappa shape index (κ3) is 3.63. The number of thioether (sulfide) groups is 1. The van der Waals surface area contributed by atoms with Crippen LogP contribution >= 0.6 is 11.8 Å². The van der Waals surface area contributed by atoms with Crippen LogP contribution in [0.3, 0.4) is 0 Å². The number of nitrogens with zero attached hydrogens (tertiary/aromatic N) is 3. The van der Waals surface area contributed by atoms with Gasteiger partial charge < -0.3 is 15.8 Å². The number of ether oxygens (including phenoxy) is 1. The van der Waals surface area contributed by atoms with Gasteiger partial charge in [0.1, 0.15) is 22.8 Å². The molecule has 4 rings (SSSR count). The number of fused-ring (bicyclic) bond motifs is 1. The maximum atomic E-state index is 14.8. The Bertz CT molecular complexity index is 1220. The van der Waals surface area contributed by atoms with Crippen molar-refractivity contribution >= 4 is 28.5 Å². The fourth-order valence-corrected chi connectivity index (χ4v) is 5.15. The molecular formula is C22H17F2N5O2S. The van der Waals surface area contributed by atoms with Gasteiger partial charge in [0, 0.05) is 23.2 Å². The summed E-state index contributed by atoms with van der Waals surface area (Å²) in [6, 6.07) is 7.34. The number of pyridine rings is 1. The smallest absolute Gasteiger partial charge is 0.274 e. The van der Waals surface area contributed by atoms with E-state index in [0.29, 0.717) is 12.2 Å². The molecule has 1 saturated carbocycles. The lowest BCUT2D eigenvalue weighted by molar-refractivity contribution is 0.102. The highest BCUT2D eigenvalue weighted by Crippen LogP contribution is 2.65. The van der Waals surface area contributed by atoms with Crippen LogP contribution in [0.1, 0.15) is 29.4 Å². The molecule has 1 amide bonds. The van der Waals surface area contributed by atoms with Crippen LogP contribution < -0.4 is 15.8 Å². The quantitative estimate of drug-likeness (QED) is 0.673. The third-order valence-corrected chi connectivity index (χ3v) is 6.74. The fraction of sp³-hybridized carbons (Fsp3) is 0.273. The van der Waals surface area contributed by atoms with Crippen LogP contribution in [0.15, 0.2) is 35.5 Å². The first kappa shape index (κ1) is 21.6. The molecule has 162 valence electrons. The number of nitrogens with one attached hydrogen (secondary N) is 1. The number of amidine groups is 1. The molecule has 1 aliphatic carbocycles. The predicted octanol–water partition coefficient (Wildman–Crippen LogP) is 3.18. The van der Waals surface area contributed by atoms with E-state index in [2.05, 4.69) is 27.3 Å². The highest BCUT2D eigenvalue weighted by atomic mass is 32.2. The lowest BCUT2D eigenvalue weighted by atomic mass is 9.85. The van der Waals surface area contributed by atoms with Crippen LogP contribution in [0.2, 0.25) is 0 Å². The summed E-state index contributed by atoms with van der Waals surface area (Å²) in [6.45, 7) is 1.67. The van der Waals surface area contributed by atoms with E-state index < -0.39 is 27.8 Å². The van der Waals surface area contributed by atoms with Crippen LogP contribution in [-0.4, -0.2) is 27.4 Å². The summed E-state index contributed by atoms with van der Waals surface area (Å²) in [4.78, 5) is 20.9. The number of nitriles is 1. The third-order valence-electron chi connectivity index (χ3n) is 5.53. The van der Waals surface area contributed by atoms with E-state index in [4.69, 9.17) is 16.9 Å². The van der Waals surface area contributed by atoms with Crippen molar-refractivity contribution in [2.24, 2.45) is 16.6 Å². The number of terminal acetylenes is 1. The first-order valence-corrected chi connectivity index (χ1v) is 10.3. The minimum Gasteiger partial charge on any atom is -0.479 e. The summed E-state index contributed by atoms with van der Waals surface area (Å²) in [5.41, 5.74) is 4.64. The van der Waals surface area contributed by atoms with Crippen molar-refractivity contribution in [2.45, 2.75) is 23.6 Å². The van der Waals surface area contributed by atoms with Gasteiger partial charge in [0.05, 0.1) is 17.8 Å². The van der Waals surface area contributed by atoms with Crippen molar-refractivity contribution in [3.8, 4) is 24.2 Å². The Morgan fingerprint density at radius 1 is 1.47 bits per heavy atom. The van der Waals surface area contributed by atoms with E-state index in [9.17, 15) is 18.8 Å². The molecule has 3 atom stereocenters. The zero-order chi connectivity index (χ0) is 23.1. The van der Waals surface area contributed by atoms with Crippen molar-refractivity contribution in [3.63, 3.8) is 0 Å². The molecule has 0 saturated heterocycles. The Hall–Kier alpha value is -3.63. The van der Waals surface area contributed by atoms with Crippen LogP contribution in [0, 0.1) is 41.2 Å². The summed E-state index contributed by atoms with van der Waals surface area (Å²) in [5.74, 6) is -0.514. The average molecular weight is 453 g/mol. The number of anilines is 1. The first-order valence-electron chi connectivity index (χ1n) is 9.51. The van der Waals surface area contributed by atoms with Crippen molar-refractivity contribution in [1.29, 1.82) is 5.26 Å². The summed E-state index contributed by atoms with van der Waals surface area (Å²) < 4.78 is 33.7. The second-order valence-electron chi connectivity index (χ2n) is 7.60. The lowest BCUT2D eigenvalue weighted by Crippen LogP contribution is -2.35. The van der Waals surface area contributed by atoms with Gasteiger partial charge in [0.2, 0.25) is 0 Å². The van der Waals surface area contributed by atoms with E-state index in [0.717, 1.165) is 17.8 Å². The van der Waals surface area contributed by atoms with Crippen molar-refractivity contribution < 1.29 is 18.3 Å². The van der Waals surface area contributed by atoms with Crippen LogP contribution in [0.4, 0.5) is 14.5 Å². The normalized spacial score (nSPS) is 25.5. The van der Waals surface area contributed by atoms with Gasteiger partial charge in [-0.3, -0.25) is 9.79 Å². The molecule has 2 heterocycles. The van der Waals surface area contributed by atoms with Crippen LogP contribution in [-0.2, 0) is 5.54 Å². The molecule has 1 unspecified atom stereocenters. The average Bonchev–Trinajstić information content (AvgIpc) is 3.50. The molecule has 0 radical (unpaired) electrons. The summed E-state index contributed by atoms with van der Waals surface area (Å²) >= 11 is 1.14. The molecule has 32 heavy (non-hydrogen) atoms. The zero-order valence-electron chi connectivity index (χ0n) is 16.9. The fourth-order valence-electron chi connectivity index (χ4n) is 3.87. The van der Waals surface area contributed by atoms with Crippen molar-refractivity contribution in [3.05, 3.63) is 53.4 Å². The SMILES string of the molecule is C#CCOc1ccc(C(=O)Nc2cc(F)c(F)c([C@@]3(C)N=C(N)S[C@@]4(C#N)CC43)c2)nc1. The Morgan fingerprint density at radius 2 is 2.25 bits per heavy atom. The number of amides is 1. The number of carbonyl (C=O) groups excluding carboxylic acids is 1. The highest BCUT2D eigenvalue weighted by Gasteiger charge is 2.67. The largest absolute Gasteiger partial charge is 0.479 e. The molecule has 0 spiro atoms. The van der Waals surface area contributed by atoms with Gasteiger partial charge in [-0.05, 0) is 31.5 Å². The molecule has 7 nitrogen and oxygen atoms in total. The van der Waals surface area contributed by atoms with E-state index in [-0.39, 0.29) is 34.6 Å². The summed E-state index contributed by atoms with van der Waals surface area (Å²) in [7, 11) is 0. The molecule has 2 aromatic rings. The molecule has 3 N–H and O–H groups in total. The lowest BCUT2D eigenvalue weighted by Gasteiger charge is -2.32. The van der Waals surface area contributed by atoms with Crippen LogP contribution in [0.25, 0.3) is 0 Å². The van der Waals surface area contributed by atoms with Crippen LogP contribution in [0.5, 0.6) is 5.75 Å². The van der Waals surface area contributed by atoms with Gasteiger partial charge in [-0.2, -0.15) is 5.26 Å².